The van der Waals surface area contributed by atoms with Gasteiger partial charge in [-0.05, 0) is 57.8 Å². The SMILES string of the molecule is CC(C)Cc1ccccc1-c1cccc2[cH-]c(C(C)(C)C)cc12.CC(C)Cc1ccccc1-c1cccc2[cH-]c(C(C)(C)C)cc12.[Hf].[c-]1cccc2c1[Si]c1ccccc1-2. The molecule has 2 radical (unpaired) electrons. The van der Waals surface area contributed by atoms with Crippen LogP contribution in [0.15, 0.2) is 152 Å². The van der Waals surface area contributed by atoms with Gasteiger partial charge in [0, 0.05) is 25.8 Å². The molecule has 9 rings (SSSR count). The number of fused-ring (bicyclic) bond motifs is 5. The standard InChI is InChI=1S/2C23H27.C12H7Si.Hf/c2*1-16(2)13-17-9-6-7-11-20(17)21-12-8-10-18-14-19(15-22(18)21)23(3,4)5;1-3-7-11-9(5-1)10-6-2-4-8-12(10)13-11;/h2*6-12,14-16H,13H2,1-5H3;1-7H;/q3*-1;. The molecule has 0 saturated heterocycles. The van der Waals surface area contributed by atoms with Crippen LogP contribution >= 0.6 is 0 Å². The van der Waals surface area contributed by atoms with Crippen molar-refractivity contribution in [2.45, 2.75) is 92.9 Å². The van der Waals surface area contributed by atoms with E-state index in [1.54, 1.807) is 0 Å². The maximum Gasteiger partial charge on any atom is 0.0920 e. The number of hydrogen-bond acceptors (Lipinski definition) is 0. The summed E-state index contributed by atoms with van der Waals surface area (Å²) in [5, 5.41) is 8.30. The maximum atomic E-state index is 3.31. The molecule has 304 valence electrons. The van der Waals surface area contributed by atoms with Gasteiger partial charge in [0.1, 0.15) is 0 Å². The Bertz CT molecular complexity index is 2480. The fraction of sp³-hybridized carbons (Fsp3) is 0.276. The average Bonchev–Trinajstić information content (AvgIpc) is 3.94. The largest absolute Gasteiger partial charge is 0.184 e. The Balaban J connectivity index is 0.000000155. The first kappa shape index (κ1) is 45.2. The monoisotopic (exact) mass is 965 g/mol. The van der Waals surface area contributed by atoms with E-state index in [1.807, 2.05) is 6.07 Å². The summed E-state index contributed by atoms with van der Waals surface area (Å²) in [7, 11) is 0.795. The Hall–Kier alpha value is -4.37. The van der Waals surface area contributed by atoms with Crippen LogP contribution in [0.3, 0.4) is 0 Å². The van der Waals surface area contributed by atoms with E-state index in [0.717, 1.165) is 22.4 Å². The Labute approximate surface area is 382 Å². The van der Waals surface area contributed by atoms with Crippen molar-refractivity contribution in [2.24, 2.45) is 11.8 Å². The minimum Gasteiger partial charge on any atom is -0.184 e. The third kappa shape index (κ3) is 10.4. The van der Waals surface area contributed by atoms with Crippen molar-refractivity contribution >= 4 is 41.4 Å². The van der Waals surface area contributed by atoms with Crippen LogP contribution in [0.1, 0.15) is 91.5 Å². The minimum atomic E-state index is 0. The summed E-state index contributed by atoms with van der Waals surface area (Å²) >= 11 is 0. The van der Waals surface area contributed by atoms with Gasteiger partial charge in [0.05, 0.1) is 9.52 Å². The maximum absolute atomic E-state index is 3.31. The molecule has 60 heavy (non-hydrogen) atoms. The molecule has 0 bridgehead atoms. The van der Waals surface area contributed by atoms with Gasteiger partial charge in [-0.3, -0.25) is 0 Å². The van der Waals surface area contributed by atoms with Crippen LogP contribution in [0.5, 0.6) is 0 Å². The fourth-order valence-electron chi connectivity index (χ4n) is 8.33. The number of benzene rings is 6. The van der Waals surface area contributed by atoms with Gasteiger partial charge in [0.2, 0.25) is 0 Å². The van der Waals surface area contributed by atoms with E-state index in [1.165, 1.54) is 87.6 Å². The van der Waals surface area contributed by atoms with Gasteiger partial charge in [-0.15, -0.1) is 74.6 Å². The minimum absolute atomic E-state index is 0. The summed E-state index contributed by atoms with van der Waals surface area (Å²) in [6.07, 6.45) is 2.25. The molecule has 0 N–H and O–H groups in total. The Morgan fingerprint density at radius 3 is 1.37 bits per heavy atom. The van der Waals surface area contributed by atoms with Crippen molar-refractivity contribution in [1.29, 1.82) is 0 Å². The van der Waals surface area contributed by atoms with Crippen molar-refractivity contribution in [1.82, 2.24) is 0 Å². The summed E-state index contributed by atoms with van der Waals surface area (Å²) in [5.74, 6) is 1.33. The first-order valence-corrected chi connectivity index (χ1v) is 22.6. The molecular formula is C58H61HfSi-3. The summed E-state index contributed by atoms with van der Waals surface area (Å²) in [6, 6.07) is 58.8. The predicted octanol–water partition coefficient (Wildman–Crippen LogP) is 14.6. The van der Waals surface area contributed by atoms with E-state index >= 15 is 0 Å². The number of hydrogen-bond donors (Lipinski definition) is 0. The molecule has 8 aromatic carbocycles. The van der Waals surface area contributed by atoms with Crippen molar-refractivity contribution in [3.05, 3.63) is 180 Å². The van der Waals surface area contributed by atoms with Gasteiger partial charge in [-0.2, -0.15) is 41.6 Å². The first-order chi connectivity index (χ1) is 28.2. The molecule has 1 aliphatic rings. The zero-order chi connectivity index (χ0) is 41.9. The topological polar surface area (TPSA) is 0 Å². The van der Waals surface area contributed by atoms with Crippen LogP contribution in [0.4, 0.5) is 0 Å². The molecule has 0 spiro atoms. The van der Waals surface area contributed by atoms with E-state index in [4.69, 9.17) is 0 Å². The molecule has 0 aliphatic carbocycles. The molecule has 0 saturated carbocycles. The van der Waals surface area contributed by atoms with Gasteiger partial charge in [0.15, 0.2) is 0 Å². The van der Waals surface area contributed by atoms with Crippen molar-refractivity contribution in [2.75, 3.05) is 0 Å². The van der Waals surface area contributed by atoms with Crippen LogP contribution in [-0.2, 0) is 49.5 Å². The van der Waals surface area contributed by atoms with Crippen LogP contribution in [0.2, 0.25) is 0 Å². The van der Waals surface area contributed by atoms with Gasteiger partial charge >= 0.3 is 0 Å². The molecule has 0 fully saturated rings. The van der Waals surface area contributed by atoms with E-state index in [-0.39, 0.29) is 36.7 Å². The van der Waals surface area contributed by atoms with Gasteiger partial charge in [-0.1, -0.05) is 176 Å². The van der Waals surface area contributed by atoms with Crippen LogP contribution in [0.25, 0.3) is 54.9 Å². The third-order valence-electron chi connectivity index (χ3n) is 11.4. The summed E-state index contributed by atoms with van der Waals surface area (Å²) in [5.41, 5.74) is 14.4. The molecule has 0 aromatic heterocycles. The molecule has 1 heterocycles. The fourth-order valence-corrected chi connectivity index (χ4v) is 9.64. The Morgan fingerprint density at radius 1 is 0.483 bits per heavy atom. The van der Waals surface area contributed by atoms with E-state index < -0.39 is 0 Å². The van der Waals surface area contributed by atoms with Gasteiger partial charge < -0.3 is 0 Å². The molecule has 0 unspecified atom stereocenters. The van der Waals surface area contributed by atoms with E-state index in [9.17, 15) is 0 Å². The second-order valence-electron chi connectivity index (χ2n) is 19.2. The van der Waals surface area contributed by atoms with Gasteiger partial charge in [0.25, 0.3) is 0 Å². The summed E-state index contributed by atoms with van der Waals surface area (Å²) < 4.78 is 0. The Morgan fingerprint density at radius 2 is 0.900 bits per heavy atom. The second kappa shape index (κ2) is 19.1. The third-order valence-corrected chi connectivity index (χ3v) is 12.8. The molecule has 2 heteroatoms. The van der Waals surface area contributed by atoms with Crippen molar-refractivity contribution in [3.63, 3.8) is 0 Å². The van der Waals surface area contributed by atoms with E-state index in [2.05, 4.69) is 221 Å². The van der Waals surface area contributed by atoms with Crippen LogP contribution in [0, 0.1) is 17.9 Å². The van der Waals surface area contributed by atoms with Gasteiger partial charge in [-0.25, -0.2) is 0 Å². The Kier molecular flexibility index (Phi) is 14.4. The molecule has 1 aliphatic heterocycles. The molecular weight excluding hydrogens is 903 g/mol. The molecule has 0 atom stereocenters. The zero-order valence-corrected chi connectivity index (χ0v) is 42.1. The quantitative estimate of drug-likeness (QED) is 0.115. The average molecular weight is 965 g/mol. The summed E-state index contributed by atoms with van der Waals surface area (Å²) in [4.78, 5) is 0. The van der Waals surface area contributed by atoms with Crippen molar-refractivity contribution in [3.8, 4) is 33.4 Å². The first-order valence-electron chi connectivity index (χ1n) is 21.6. The number of rotatable bonds is 6. The van der Waals surface area contributed by atoms with Crippen molar-refractivity contribution < 1.29 is 25.8 Å². The van der Waals surface area contributed by atoms with Crippen LogP contribution < -0.4 is 10.4 Å². The zero-order valence-electron chi connectivity index (χ0n) is 37.5. The normalized spacial score (nSPS) is 12.1. The molecule has 0 amide bonds. The molecule has 8 aromatic rings. The smallest absolute Gasteiger partial charge is 0.0920 e. The molecule has 0 nitrogen and oxygen atoms in total. The second-order valence-corrected chi connectivity index (χ2v) is 20.5. The predicted molar refractivity (Wildman–Crippen MR) is 260 cm³/mol. The van der Waals surface area contributed by atoms with Crippen LogP contribution in [-0.4, -0.2) is 9.52 Å². The summed E-state index contributed by atoms with van der Waals surface area (Å²) in [6.45, 7) is 22.9. The van der Waals surface area contributed by atoms with E-state index in [0.29, 0.717) is 11.8 Å².